The summed E-state index contributed by atoms with van der Waals surface area (Å²) in [6.07, 6.45) is 0.277. The van der Waals surface area contributed by atoms with Crippen LogP contribution in [0, 0.1) is 0 Å². The molecule has 8 nitrogen and oxygen atoms in total. The van der Waals surface area contributed by atoms with Gasteiger partial charge in [-0.1, -0.05) is 22.8 Å². The third-order valence-corrected chi connectivity index (χ3v) is 5.66. The Morgan fingerprint density at radius 3 is 2.77 bits per heavy atom. The number of carbonyl (C=O) groups excluding carboxylic acids is 1. The van der Waals surface area contributed by atoms with E-state index < -0.39 is 5.76 Å². The van der Waals surface area contributed by atoms with Gasteiger partial charge in [-0.2, -0.15) is 4.98 Å². The number of carbonyl (C=O) groups is 1. The number of benzene rings is 2. The Morgan fingerprint density at radius 2 is 2.00 bits per heavy atom. The Balaban J connectivity index is 1.41. The second-order valence-electron chi connectivity index (χ2n) is 7.86. The average Bonchev–Trinajstić information content (AvgIpc) is 3.43. The lowest BCUT2D eigenvalue weighted by molar-refractivity contribution is -0.117. The SMILES string of the molecule is CC(C)n1c(=O)oc2cc(-c3noc([C@@H]4CC(=O)N(c5cccc(Cl)c5)C4)n3)ccc21. The van der Waals surface area contributed by atoms with E-state index in [1.807, 2.05) is 38.1 Å². The van der Waals surface area contributed by atoms with Gasteiger partial charge in [0, 0.05) is 35.3 Å². The number of anilines is 1. The van der Waals surface area contributed by atoms with Crippen LogP contribution in [0.25, 0.3) is 22.5 Å². The standard InChI is InChI=1S/C22H19ClN4O4/c1-12(2)27-17-7-6-13(8-18(17)30-22(27)29)20-24-21(31-25-20)14-9-19(28)26(11-14)16-5-3-4-15(23)10-16/h3-8,10,12,14H,9,11H2,1-2H3/t14-/m1/s1. The van der Waals surface area contributed by atoms with E-state index in [-0.39, 0.29) is 24.3 Å². The molecule has 1 aliphatic rings. The van der Waals surface area contributed by atoms with Crippen molar-refractivity contribution in [3.8, 4) is 11.4 Å². The molecule has 1 saturated heterocycles. The molecule has 0 N–H and O–H groups in total. The summed E-state index contributed by atoms with van der Waals surface area (Å²) in [7, 11) is 0. The summed E-state index contributed by atoms with van der Waals surface area (Å²) in [6, 6.07) is 12.5. The maximum absolute atomic E-state index is 12.5. The van der Waals surface area contributed by atoms with Crippen LogP contribution in [0.1, 0.15) is 38.1 Å². The molecule has 1 amide bonds. The van der Waals surface area contributed by atoms with Crippen LogP contribution in [0.2, 0.25) is 5.02 Å². The summed E-state index contributed by atoms with van der Waals surface area (Å²) in [6.45, 7) is 4.28. The van der Waals surface area contributed by atoms with Crippen LogP contribution in [0.15, 0.2) is 56.2 Å². The predicted octanol–water partition coefficient (Wildman–Crippen LogP) is 4.40. The molecule has 1 aliphatic heterocycles. The Hall–Kier alpha value is -3.39. The molecule has 0 bridgehead atoms. The fourth-order valence-corrected chi connectivity index (χ4v) is 4.13. The number of fused-ring (bicyclic) bond motifs is 1. The molecule has 0 aliphatic carbocycles. The van der Waals surface area contributed by atoms with Gasteiger partial charge in [-0.05, 0) is 50.2 Å². The highest BCUT2D eigenvalue weighted by Gasteiger charge is 2.35. The van der Waals surface area contributed by atoms with Crippen LogP contribution in [0.3, 0.4) is 0 Å². The molecule has 0 radical (unpaired) electrons. The fraction of sp³-hybridized carbons (Fsp3) is 0.273. The molecule has 4 aromatic rings. The van der Waals surface area contributed by atoms with Gasteiger partial charge in [0.05, 0.1) is 11.4 Å². The number of oxazole rings is 1. The summed E-state index contributed by atoms with van der Waals surface area (Å²) in [5.74, 6) is 0.142. The second kappa shape index (κ2) is 7.39. The van der Waals surface area contributed by atoms with Crippen molar-refractivity contribution in [1.82, 2.24) is 14.7 Å². The lowest BCUT2D eigenvalue weighted by atomic mass is 10.1. The lowest BCUT2D eigenvalue weighted by Gasteiger charge is -2.16. The minimum absolute atomic E-state index is 0.0151. The maximum Gasteiger partial charge on any atom is 0.420 e. The van der Waals surface area contributed by atoms with Gasteiger partial charge in [0.2, 0.25) is 17.6 Å². The Labute approximate surface area is 182 Å². The molecule has 9 heteroatoms. The summed E-state index contributed by atoms with van der Waals surface area (Å²) in [5, 5.41) is 4.65. The van der Waals surface area contributed by atoms with E-state index in [2.05, 4.69) is 10.1 Å². The number of rotatable bonds is 4. The van der Waals surface area contributed by atoms with Gasteiger partial charge in [0.25, 0.3) is 0 Å². The first-order valence-electron chi connectivity index (χ1n) is 9.95. The number of hydrogen-bond acceptors (Lipinski definition) is 6. The Bertz CT molecular complexity index is 1350. The van der Waals surface area contributed by atoms with Gasteiger partial charge < -0.3 is 13.8 Å². The normalized spacial score (nSPS) is 16.7. The molecule has 1 fully saturated rings. The topological polar surface area (TPSA) is 94.4 Å². The summed E-state index contributed by atoms with van der Waals surface area (Å²) >= 11 is 6.06. The predicted molar refractivity (Wildman–Crippen MR) is 115 cm³/mol. The highest BCUT2D eigenvalue weighted by Crippen LogP contribution is 2.33. The molecule has 2 aromatic carbocycles. The molecule has 31 heavy (non-hydrogen) atoms. The number of hydrogen-bond donors (Lipinski definition) is 0. The van der Waals surface area contributed by atoms with Crippen molar-refractivity contribution in [3.05, 3.63) is 63.9 Å². The van der Waals surface area contributed by atoms with Gasteiger partial charge in [0.15, 0.2) is 5.58 Å². The van der Waals surface area contributed by atoms with E-state index >= 15 is 0 Å². The van der Waals surface area contributed by atoms with Gasteiger partial charge in [0.1, 0.15) is 0 Å². The minimum atomic E-state index is -0.401. The fourth-order valence-electron chi connectivity index (χ4n) is 3.95. The molecular weight excluding hydrogens is 420 g/mol. The van der Waals surface area contributed by atoms with E-state index in [1.54, 1.807) is 27.7 Å². The van der Waals surface area contributed by atoms with Crippen LogP contribution in [0.5, 0.6) is 0 Å². The molecule has 158 valence electrons. The van der Waals surface area contributed by atoms with E-state index in [1.165, 1.54) is 0 Å². The van der Waals surface area contributed by atoms with Crippen molar-refractivity contribution < 1.29 is 13.7 Å². The zero-order valence-corrected chi connectivity index (χ0v) is 17.7. The first-order chi connectivity index (χ1) is 14.9. The second-order valence-corrected chi connectivity index (χ2v) is 8.29. The summed E-state index contributed by atoms with van der Waals surface area (Å²) in [5.41, 5.74) is 2.59. The smallest absolute Gasteiger partial charge is 0.408 e. The van der Waals surface area contributed by atoms with Crippen molar-refractivity contribution >= 4 is 34.3 Å². The van der Waals surface area contributed by atoms with Crippen molar-refractivity contribution in [2.24, 2.45) is 0 Å². The number of nitrogens with zero attached hydrogens (tertiary/aromatic N) is 4. The first kappa shape index (κ1) is 19.6. The zero-order chi connectivity index (χ0) is 21.7. The monoisotopic (exact) mass is 438 g/mol. The Kier molecular flexibility index (Phi) is 4.66. The van der Waals surface area contributed by atoms with Crippen LogP contribution in [0.4, 0.5) is 5.69 Å². The van der Waals surface area contributed by atoms with Crippen molar-refractivity contribution in [2.45, 2.75) is 32.2 Å². The third-order valence-electron chi connectivity index (χ3n) is 5.42. The zero-order valence-electron chi connectivity index (χ0n) is 16.9. The average molecular weight is 439 g/mol. The summed E-state index contributed by atoms with van der Waals surface area (Å²) < 4.78 is 12.4. The van der Waals surface area contributed by atoms with Crippen molar-refractivity contribution in [3.63, 3.8) is 0 Å². The van der Waals surface area contributed by atoms with Crippen molar-refractivity contribution in [2.75, 3.05) is 11.4 Å². The number of halogens is 1. The third kappa shape index (κ3) is 3.42. The molecule has 1 atom stereocenters. The highest BCUT2D eigenvalue weighted by atomic mass is 35.5. The van der Waals surface area contributed by atoms with Crippen LogP contribution in [-0.2, 0) is 4.79 Å². The van der Waals surface area contributed by atoms with Gasteiger partial charge >= 0.3 is 5.76 Å². The molecule has 3 heterocycles. The lowest BCUT2D eigenvalue weighted by Crippen LogP contribution is -2.24. The maximum atomic E-state index is 12.5. The van der Waals surface area contributed by atoms with Gasteiger partial charge in [-0.15, -0.1) is 0 Å². The van der Waals surface area contributed by atoms with E-state index in [0.29, 0.717) is 39.9 Å². The largest absolute Gasteiger partial charge is 0.420 e. The van der Waals surface area contributed by atoms with Crippen LogP contribution >= 0.6 is 11.6 Å². The molecular formula is C22H19ClN4O4. The highest BCUT2D eigenvalue weighted by molar-refractivity contribution is 6.30. The Morgan fingerprint density at radius 1 is 1.16 bits per heavy atom. The number of aromatic nitrogens is 3. The van der Waals surface area contributed by atoms with Gasteiger partial charge in [-0.3, -0.25) is 9.36 Å². The molecule has 5 rings (SSSR count). The molecule has 0 spiro atoms. The van der Waals surface area contributed by atoms with E-state index in [4.69, 9.17) is 20.5 Å². The number of amides is 1. The summed E-state index contributed by atoms with van der Waals surface area (Å²) in [4.78, 5) is 30.8. The minimum Gasteiger partial charge on any atom is -0.408 e. The quantitative estimate of drug-likeness (QED) is 0.468. The van der Waals surface area contributed by atoms with Crippen LogP contribution in [-0.4, -0.2) is 27.2 Å². The van der Waals surface area contributed by atoms with Crippen LogP contribution < -0.4 is 10.7 Å². The molecule has 0 saturated carbocycles. The van der Waals surface area contributed by atoms with E-state index in [0.717, 1.165) is 5.69 Å². The van der Waals surface area contributed by atoms with E-state index in [9.17, 15) is 9.59 Å². The van der Waals surface area contributed by atoms with Gasteiger partial charge in [-0.25, -0.2) is 4.79 Å². The molecule has 2 aromatic heterocycles. The van der Waals surface area contributed by atoms with Crippen molar-refractivity contribution in [1.29, 1.82) is 0 Å². The molecule has 0 unspecified atom stereocenters. The first-order valence-corrected chi connectivity index (χ1v) is 10.3.